The third-order valence-corrected chi connectivity index (χ3v) is 3.34. The van der Waals surface area contributed by atoms with Crippen molar-refractivity contribution in [3.8, 4) is 0 Å². The highest BCUT2D eigenvalue weighted by molar-refractivity contribution is 6.58. The van der Waals surface area contributed by atoms with E-state index in [9.17, 15) is 4.39 Å². The molecule has 0 amide bonds. The fourth-order valence-corrected chi connectivity index (χ4v) is 2.39. The molecule has 2 N–H and O–H groups in total. The molecule has 1 aliphatic rings. The molecule has 0 bridgehead atoms. The van der Waals surface area contributed by atoms with Crippen molar-refractivity contribution < 1.29 is 14.4 Å². The molecule has 5 heteroatoms. The van der Waals surface area contributed by atoms with Gasteiger partial charge in [-0.3, -0.25) is 0 Å². The summed E-state index contributed by atoms with van der Waals surface area (Å²) in [5, 5.41) is 18.2. The zero-order valence-electron chi connectivity index (χ0n) is 9.93. The Bertz CT molecular complexity index is 400. The summed E-state index contributed by atoms with van der Waals surface area (Å²) in [5.41, 5.74) is 0.943. The molecule has 0 aliphatic carbocycles. The molecule has 1 atom stereocenters. The van der Waals surface area contributed by atoms with Gasteiger partial charge in [0.15, 0.2) is 0 Å². The molecule has 0 radical (unpaired) electrons. The largest absolute Gasteiger partial charge is 0.488 e. The van der Waals surface area contributed by atoms with Gasteiger partial charge in [-0.15, -0.1) is 0 Å². The second-order valence-corrected chi connectivity index (χ2v) is 4.65. The van der Waals surface area contributed by atoms with Crippen LogP contribution in [0.5, 0.6) is 0 Å². The predicted octanol–water partition coefficient (Wildman–Crippen LogP) is 0.884. The van der Waals surface area contributed by atoms with Gasteiger partial charge in [-0.2, -0.15) is 0 Å². The number of anilines is 1. The topological polar surface area (TPSA) is 43.7 Å². The van der Waals surface area contributed by atoms with E-state index in [1.165, 1.54) is 12.5 Å². The lowest BCUT2D eigenvalue weighted by molar-refractivity contribution is 0.425. The minimum absolute atomic E-state index is 0.206. The van der Waals surface area contributed by atoms with Crippen LogP contribution >= 0.6 is 0 Å². The quantitative estimate of drug-likeness (QED) is 0.750. The third-order valence-electron chi connectivity index (χ3n) is 3.34. The van der Waals surface area contributed by atoms with E-state index in [0.717, 1.165) is 31.1 Å². The van der Waals surface area contributed by atoms with Crippen molar-refractivity contribution in [1.29, 1.82) is 0 Å². The van der Waals surface area contributed by atoms with Crippen molar-refractivity contribution in [2.24, 2.45) is 0 Å². The lowest BCUT2D eigenvalue weighted by Gasteiger charge is -2.35. The third kappa shape index (κ3) is 2.79. The van der Waals surface area contributed by atoms with E-state index in [-0.39, 0.29) is 5.46 Å². The Morgan fingerprint density at radius 3 is 2.71 bits per heavy atom. The average Bonchev–Trinajstić information content (AvgIpc) is 2.28. The number of hydrogen-bond acceptors (Lipinski definition) is 3. The van der Waals surface area contributed by atoms with Crippen LogP contribution in [0.4, 0.5) is 10.1 Å². The number of hydrogen-bond donors (Lipinski definition) is 2. The van der Waals surface area contributed by atoms with Crippen LogP contribution in [0.1, 0.15) is 26.2 Å². The van der Waals surface area contributed by atoms with Crippen LogP contribution in [0, 0.1) is 5.82 Å². The number of benzene rings is 1. The van der Waals surface area contributed by atoms with Crippen molar-refractivity contribution in [2.45, 2.75) is 32.2 Å². The van der Waals surface area contributed by atoms with Gasteiger partial charge in [0, 0.05) is 18.3 Å². The Kier molecular flexibility index (Phi) is 3.69. The van der Waals surface area contributed by atoms with Gasteiger partial charge in [0.05, 0.1) is 0 Å². The van der Waals surface area contributed by atoms with Crippen molar-refractivity contribution in [2.75, 3.05) is 11.4 Å². The highest BCUT2D eigenvalue weighted by Crippen LogP contribution is 2.24. The summed E-state index contributed by atoms with van der Waals surface area (Å²) < 4.78 is 13.4. The molecular formula is C12H17BFNO2. The second kappa shape index (κ2) is 5.06. The molecule has 1 aromatic carbocycles. The van der Waals surface area contributed by atoms with Gasteiger partial charge in [0.1, 0.15) is 5.82 Å². The van der Waals surface area contributed by atoms with Crippen LogP contribution in [0.2, 0.25) is 0 Å². The monoisotopic (exact) mass is 237 g/mol. The minimum Gasteiger partial charge on any atom is -0.423 e. The number of piperidine rings is 1. The van der Waals surface area contributed by atoms with E-state index < -0.39 is 12.9 Å². The predicted molar refractivity (Wildman–Crippen MR) is 66.9 cm³/mol. The highest BCUT2D eigenvalue weighted by atomic mass is 19.1. The second-order valence-electron chi connectivity index (χ2n) is 4.65. The molecule has 0 aromatic heterocycles. The standard InChI is InChI=1S/C12H17BFNO2/c1-9-4-2-3-5-15(9)12-7-10(13(16)17)6-11(14)8-12/h6-9,16-17H,2-5H2,1H3. The first-order chi connectivity index (χ1) is 8.08. The summed E-state index contributed by atoms with van der Waals surface area (Å²) in [7, 11) is -1.62. The summed E-state index contributed by atoms with van der Waals surface area (Å²) in [6, 6.07) is 4.63. The van der Waals surface area contributed by atoms with Crippen LogP contribution in [0.3, 0.4) is 0 Å². The van der Waals surface area contributed by atoms with Gasteiger partial charge in [0.25, 0.3) is 0 Å². The Balaban J connectivity index is 2.30. The molecule has 1 saturated heterocycles. The molecule has 2 rings (SSSR count). The van der Waals surface area contributed by atoms with E-state index in [0.29, 0.717) is 6.04 Å². The summed E-state index contributed by atoms with van der Waals surface area (Å²) in [6.07, 6.45) is 3.38. The van der Waals surface area contributed by atoms with Crippen LogP contribution in [-0.4, -0.2) is 29.8 Å². The lowest BCUT2D eigenvalue weighted by atomic mass is 9.80. The first-order valence-electron chi connectivity index (χ1n) is 6.01. The van der Waals surface area contributed by atoms with E-state index in [1.807, 2.05) is 0 Å². The Morgan fingerprint density at radius 1 is 1.29 bits per heavy atom. The molecule has 0 spiro atoms. The van der Waals surface area contributed by atoms with Crippen molar-refractivity contribution in [1.82, 2.24) is 0 Å². The molecule has 0 saturated carbocycles. The van der Waals surface area contributed by atoms with E-state index in [2.05, 4.69) is 11.8 Å². The first kappa shape index (κ1) is 12.4. The van der Waals surface area contributed by atoms with E-state index in [4.69, 9.17) is 10.0 Å². The molecule has 17 heavy (non-hydrogen) atoms. The summed E-state index contributed by atoms with van der Waals surface area (Å²) in [5.74, 6) is -0.427. The molecule has 1 aliphatic heterocycles. The summed E-state index contributed by atoms with van der Waals surface area (Å²) in [6.45, 7) is 3.00. The molecule has 1 fully saturated rings. The number of halogens is 1. The highest BCUT2D eigenvalue weighted by Gasteiger charge is 2.21. The number of rotatable bonds is 2. The van der Waals surface area contributed by atoms with Crippen LogP contribution in [-0.2, 0) is 0 Å². The maximum Gasteiger partial charge on any atom is 0.488 e. The first-order valence-corrected chi connectivity index (χ1v) is 6.01. The lowest BCUT2D eigenvalue weighted by Crippen LogP contribution is -2.39. The average molecular weight is 237 g/mol. The summed E-state index contributed by atoms with van der Waals surface area (Å²) >= 11 is 0. The van der Waals surface area contributed by atoms with E-state index >= 15 is 0 Å². The molecule has 92 valence electrons. The zero-order chi connectivity index (χ0) is 12.4. The van der Waals surface area contributed by atoms with Crippen molar-refractivity contribution in [3.05, 3.63) is 24.0 Å². The van der Waals surface area contributed by atoms with Gasteiger partial charge in [-0.05, 0) is 49.8 Å². The summed E-state index contributed by atoms with van der Waals surface area (Å²) in [4.78, 5) is 2.12. The minimum atomic E-state index is -1.62. The van der Waals surface area contributed by atoms with Crippen LogP contribution in [0.15, 0.2) is 18.2 Å². The normalized spacial score (nSPS) is 20.5. The smallest absolute Gasteiger partial charge is 0.423 e. The molecule has 1 aromatic rings. The van der Waals surface area contributed by atoms with Crippen LogP contribution in [0.25, 0.3) is 0 Å². The zero-order valence-corrected chi connectivity index (χ0v) is 9.93. The van der Waals surface area contributed by atoms with Gasteiger partial charge in [0.2, 0.25) is 0 Å². The maximum atomic E-state index is 13.4. The number of nitrogens with zero attached hydrogens (tertiary/aromatic N) is 1. The van der Waals surface area contributed by atoms with Gasteiger partial charge >= 0.3 is 7.12 Å². The fourth-order valence-electron chi connectivity index (χ4n) is 2.39. The Morgan fingerprint density at radius 2 is 2.06 bits per heavy atom. The SMILES string of the molecule is CC1CCCCN1c1cc(F)cc(B(O)O)c1. The van der Waals surface area contributed by atoms with Gasteiger partial charge in [-0.1, -0.05) is 0 Å². The maximum absolute atomic E-state index is 13.4. The van der Waals surface area contributed by atoms with Gasteiger partial charge in [-0.25, -0.2) is 4.39 Å². The molecule has 1 unspecified atom stereocenters. The molecular weight excluding hydrogens is 220 g/mol. The van der Waals surface area contributed by atoms with Crippen molar-refractivity contribution in [3.63, 3.8) is 0 Å². The van der Waals surface area contributed by atoms with Crippen LogP contribution < -0.4 is 10.4 Å². The Labute approximate surface area is 101 Å². The fraction of sp³-hybridized carbons (Fsp3) is 0.500. The Hall–Kier alpha value is -1.07. The van der Waals surface area contributed by atoms with Gasteiger partial charge < -0.3 is 14.9 Å². The molecule has 1 heterocycles. The molecule has 3 nitrogen and oxygen atoms in total. The van der Waals surface area contributed by atoms with Crippen molar-refractivity contribution >= 4 is 18.3 Å². The van der Waals surface area contributed by atoms with E-state index in [1.54, 1.807) is 6.07 Å².